The fraction of sp³-hybridized carbons (Fsp3) is 0.0667. The van der Waals surface area contributed by atoms with E-state index in [2.05, 4.69) is 6.72 Å². The van der Waals surface area contributed by atoms with Crippen molar-refractivity contribution in [1.82, 2.24) is 0 Å². The van der Waals surface area contributed by atoms with Crippen LogP contribution in [0.25, 0.3) is 0 Å². The standard InChI is InChI=1S/C14H13NO3.CH3NO/c16-13-5-1-11(2-6-13)9-15(18)10-12-3-7-14(17)8-4-12;1-2-3/h1-9,16-17H,10H2;2H,1H2. The second-order valence-electron chi connectivity index (χ2n) is 4.11. The molecule has 2 rings (SSSR count). The second kappa shape index (κ2) is 8.21. The van der Waals surface area contributed by atoms with Crippen LogP contribution in [0.2, 0.25) is 0 Å². The van der Waals surface area contributed by atoms with Crippen molar-refractivity contribution in [3.8, 4) is 11.5 Å². The lowest BCUT2D eigenvalue weighted by atomic mass is 10.2. The summed E-state index contributed by atoms with van der Waals surface area (Å²) >= 11 is 0. The Morgan fingerprint density at radius 3 is 1.90 bits per heavy atom. The highest BCUT2D eigenvalue weighted by atomic mass is 16.5. The summed E-state index contributed by atoms with van der Waals surface area (Å²) in [5.74, 6) is 0.349. The first kappa shape index (κ1) is 16.0. The molecule has 3 N–H and O–H groups in total. The molecule has 2 aromatic carbocycles. The zero-order valence-corrected chi connectivity index (χ0v) is 11.3. The van der Waals surface area contributed by atoms with Gasteiger partial charge in [-0.2, -0.15) is 0 Å². The molecule has 0 bridgehead atoms. The van der Waals surface area contributed by atoms with Crippen molar-refractivity contribution in [3.63, 3.8) is 0 Å². The van der Waals surface area contributed by atoms with Crippen molar-refractivity contribution >= 4 is 12.9 Å². The average molecular weight is 288 g/mol. The van der Waals surface area contributed by atoms with Gasteiger partial charge in [-0.25, -0.2) is 9.89 Å². The van der Waals surface area contributed by atoms with Crippen LogP contribution in [0.1, 0.15) is 11.1 Å². The summed E-state index contributed by atoms with van der Waals surface area (Å²) in [6.07, 6.45) is 1.45. The van der Waals surface area contributed by atoms with E-state index in [0.29, 0.717) is 0 Å². The highest BCUT2D eigenvalue weighted by molar-refractivity contribution is 5.75. The zero-order valence-electron chi connectivity index (χ0n) is 11.3. The Hall–Kier alpha value is -3.02. The van der Waals surface area contributed by atoms with Gasteiger partial charge in [0, 0.05) is 11.1 Å². The van der Waals surface area contributed by atoms with Gasteiger partial charge in [0.1, 0.15) is 18.2 Å². The maximum Gasteiger partial charge on any atom is 0.182 e. The monoisotopic (exact) mass is 288 g/mol. The summed E-state index contributed by atoms with van der Waals surface area (Å²) in [6, 6.07) is 12.9. The van der Waals surface area contributed by atoms with Crippen LogP contribution in [0.3, 0.4) is 0 Å². The SMILES string of the molecule is C=[NH+][O-].[O-][N+](=Cc1ccc(O)cc1)Cc1ccc(O)cc1. The number of aromatic hydroxyl groups is 2. The molecule has 0 aliphatic heterocycles. The number of hydroxylamine groups is 1. The maximum atomic E-state index is 11.7. The lowest BCUT2D eigenvalue weighted by molar-refractivity contribution is -0.469. The van der Waals surface area contributed by atoms with Gasteiger partial charge in [-0.3, -0.25) is 0 Å². The maximum absolute atomic E-state index is 11.7. The Morgan fingerprint density at radius 2 is 1.43 bits per heavy atom. The Balaban J connectivity index is 0.000000677. The molecule has 0 radical (unpaired) electrons. The molecular weight excluding hydrogens is 272 g/mol. The number of phenolic OH excluding ortho intramolecular Hbond substituents is 2. The molecule has 2 aromatic rings. The number of phenols is 2. The zero-order chi connectivity index (χ0) is 15.7. The van der Waals surface area contributed by atoms with Gasteiger partial charge in [-0.05, 0) is 48.5 Å². The summed E-state index contributed by atoms with van der Waals surface area (Å²) < 4.78 is 0.804. The molecular formula is C15H16N2O4. The van der Waals surface area contributed by atoms with Gasteiger partial charge in [0.2, 0.25) is 0 Å². The van der Waals surface area contributed by atoms with Crippen LogP contribution >= 0.6 is 0 Å². The van der Waals surface area contributed by atoms with Crippen molar-refractivity contribution in [2.45, 2.75) is 6.54 Å². The Bertz CT molecular complexity index is 592. The third kappa shape index (κ3) is 6.11. The second-order valence-corrected chi connectivity index (χ2v) is 4.11. The molecule has 21 heavy (non-hydrogen) atoms. The smallest absolute Gasteiger partial charge is 0.182 e. The lowest BCUT2D eigenvalue weighted by Crippen LogP contribution is -2.56. The predicted octanol–water partition coefficient (Wildman–Crippen LogP) is 0.493. The summed E-state index contributed by atoms with van der Waals surface area (Å²) in [5.41, 5.74) is 1.54. The fourth-order valence-electron chi connectivity index (χ4n) is 1.55. The van der Waals surface area contributed by atoms with Crippen LogP contribution in [0.4, 0.5) is 0 Å². The van der Waals surface area contributed by atoms with Gasteiger partial charge in [0.25, 0.3) is 0 Å². The van der Waals surface area contributed by atoms with Crippen LogP contribution in [0.15, 0.2) is 48.5 Å². The fourth-order valence-corrected chi connectivity index (χ4v) is 1.55. The number of nitrogens with one attached hydrogen (secondary N) is 1. The first-order chi connectivity index (χ1) is 10.0. The summed E-state index contributed by atoms with van der Waals surface area (Å²) in [6.45, 7) is 2.89. The largest absolute Gasteiger partial charge is 0.626 e. The van der Waals surface area contributed by atoms with E-state index in [4.69, 9.17) is 15.4 Å². The number of rotatable bonds is 3. The third-order valence-electron chi connectivity index (χ3n) is 2.46. The van der Waals surface area contributed by atoms with E-state index in [9.17, 15) is 5.21 Å². The van der Waals surface area contributed by atoms with Crippen molar-refractivity contribution in [2.24, 2.45) is 0 Å². The van der Waals surface area contributed by atoms with Crippen LogP contribution in [0, 0.1) is 10.4 Å². The van der Waals surface area contributed by atoms with Crippen molar-refractivity contribution < 1.29 is 20.1 Å². The van der Waals surface area contributed by atoms with Crippen molar-refractivity contribution in [3.05, 3.63) is 70.1 Å². The van der Waals surface area contributed by atoms with Crippen LogP contribution < -0.4 is 5.16 Å². The van der Waals surface area contributed by atoms with Gasteiger partial charge in [-0.1, -0.05) is 0 Å². The molecule has 0 heterocycles. The van der Waals surface area contributed by atoms with E-state index in [-0.39, 0.29) is 18.0 Å². The molecule has 6 nitrogen and oxygen atoms in total. The molecule has 6 heteroatoms. The quantitative estimate of drug-likeness (QED) is 0.331. The van der Waals surface area contributed by atoms with E-state index >= 15 is 0 Å². The summed E-state index contributed by atoms with van der Waals surface area (Å²) in [5, 5.41) is 39.8. The normalized spacial score (nSPS) is 10.4. The highest BCUT2D eigenvalue weighted by Gasteiger charge is 2.00. The molecule has 0 amide bonds. The lowest BCUT2D eigenvalue weighted by Gasteiger charge is -2.04. The number of benzene rings is 2. The molecule has 0 fully saturated rings. The third-order valence-corrected chi connectivity index (χ3v) is 2.46. The van der Waals surface area contributed by atoms with Crippen LogP contribution in [-0.2, 0) is 6.54 Å². The first-order valence-corrected chi connectivity index (χ1v) is 6.05. The number of hydrogen-bond donors (Lipinski definition) is 3. The summed E-state index contributed by atoms with van der Waals surface area (Å²) in [4.78, 5) is 0. The average Bonchev–Trinajstić information content (AvgIpc) is 2.45. The van der Waals surface area contributed by atoms with E-state index in [1.807, 2.05) is 0 Å². The van der Waals surface area contributed by atoms with Crippen LogP contribution in [0.5, 0.6) is 11.5 Å². The number of hydrogen-bond acceptors (Lipinski definition) is 4. The van der Waals surface area contributed by atoms with Crippen molar-refractivity contribution in [1.29, 1.82) is 0 Å². The molecule has 0 aliphatic carbocycles. The molecule has 110 valence electrons. The first-order valence-electron chi connectivity index (χ1n) is 6.05. The van der Waals surface area contributed by atoms with Gasteiger partial charge < -0.3 is 20.6 Å². The van der Waals surface area contributed by atoms with Gasteiger partial charge in [-0.15, -0.1) is 0 Å². The molecule has 0 aliphatic rings. The van der Waals surface area contributed by atoms with E-state index < -0.39 is 0 Å². The van der Waals surface area contributed by atoms with Gasteiger partial charge in [0.15, 0.2) is 12.8 Å². The molecule has 0 aromatic heterocycles. The highest BCUT2D eigenvalue weighted by Crippen LogP contribution is 2.11. The molecule has 0 atom stereocenters. The molecule has 0 saturated heterocycles. The summed E-state index contributed by atoms with van der Waals surface area (Å²) in [7, 11) is 0. The Labute approximate surface area is 122 Å². The topological polar surface area (TPSA) is 104 Å². The minimum Gasteiger partial charge on any atom is -0.626 e. The molecule has 0 spiro atoms. The predicted molar refractivity (Wildman–Crippen MR) is 80.2 cm³/mol. The number of nitrogens with zero attached hydrogens (tertiary/aromatic N) is 1. The van der Waals surface area contributed by atoms with Gasteiger partial charge in [0.05, 0.1) is 0 Å². The molecule has 0 unspecified atom stereocenters. The van der Waals surface area contributed by atoms with Gasteiger partial charge >= 0.3 is 0 Å². The molecule has 0 saturated carbocycles. The van der Waals surface area contributed by atoms with E-state index in [0.717, 1.165) is 15.9 Å². The Kier molecular flexibility index (Phi) is 6.27. The van der Waals surface area contributed by atoms with Crippen molar-refractivity contribution in [2.75, 3.05) is 0 Å². The van der Waals surface area contributed by atoms with Crippen LogP contribution in [-0.4, -0.2) is 27.9 Å². The minimum absolute atomic E-state index is 0.170. The van der Waals surface area contributed by atoms with E-state index in [1.165, 1.54) is 23.5 Å². The minimum atomic E-state index is 0.170. The van der Waals surface area contributed by atoms with E-state index in [1.54, 1.807) is 36.4 Å². The Morgan fingerprint density at radius 1 is 1.00 bits per heavy atom.